The monoisotopic (exact) mass is 640 g/mol. The molecule has 0 aromatic heterocycles. The van der Waals surface area contributed by atoms with Crippen molar-refractivity contribution >= 4 is 30.0 Å². The maximum Gasteiger partial charge on any atom is 0.312 e. The van der Waals surface area contributed by atoms with E-state index >= 15 is 0 Å². The Bertz CT molecular complexity index is 769. The zero-order chi connectivity index (χ0) is 36.1. The summed E-state index contributed by atoms with van der Waals surface area (Å²) in [7, 11) is 1.70. The molecule has 5 amide bonds. The van der Waals surface area contributed by atoms with Crippen molar-refractivity contribution in [2.45, 2.75) is 145 Å². The lowest BCUT2D eigenvalue weighted by molar-refractivity contribution is -0.133. The van der Waals surface area contributed by atoms with E-state index in [1.807, 2.05) is 41.5 Å². The van der Waals surface area contributed by atoms with Crippen molar-refractivity contribution < 1.29 is 24.0 Å². The topological polar surface area (TPSA) is 151 Å². The smallest absolute Gasteiger partial charge is 0.312 e. The van der Waals surface area contributed by atoms with Gasteiger partial charge in [-0.3, -0.25) is 19.2 Å². The van der Waals surface area contributed by atoms with Gasteiger partial charge >= 0.3 is 6.03 Å². The van der Waals surface area contributed by atoms with Gasteiger partial charge in [-0.05, 0) is 44.9 Å². The van der Waals surface area contributed by atoms with Gasteiger partial charge in [0.05, 0.1) is 6.04 Å². The number of likely N-dealkylation sites (N-methyl/N-ethyl adjacent to an activating group) is 1. The third kappa shape index (κ3) is 33.4. The highest BCUT2D eigenvalue weighted by atomic mass is 16.2. The van der Waals surface area contributed by atoms with Crippen LogP contribution in [-0.4, -0.2) is 67.2 Å². The SMILES string of the molecule is C#CCCC(NC(=O)CCCCN(C)C(=O)C(NC(N)=O)C1CCCCC1)C(C)=O.C=CCNC=O.CC.CC.CC.CCC. The van der Waals surface area contributed by atoms with Gasteiger partial charge in [0.15, 0.2) is 5.78 Å². The van der Waals surface area contributed by atoms with Crippen LogP contribution in [0.15, 0.2) is 12.7 Å². The molecule has 1 saturated carbocycles. The minimum absolute atomic E-state index is 0.110. The normalized spacial score (nSPS) is 12.4. The standard InChI is InChI=1S/C22H36N4O4.C4H7NO.C3H8.3C2H6/c1-4-5-13-18(16(2)27)24-19(28)14-9-10-15-26(3)21(29)20(25-22(23)30)17-11-7-6-8-12-17;1-2-3-5-4-6;1-3-2;3*1-2/h1,17-18,20H,5-15H2,2-3H3,(H,24,28)(H3,23,25,30);2,4H,1,3H2,(H,5,6);3H2,1-2H3;3*1-2H3. The van der Waals surface area contributed by atoms with Gasteiger partial charge in [0.2, 0.25) is 18.2 Å². The van der Waals surface area contributed by atoms with Crippen LogP contribution in [0.4, 0.5) is 4.79 Å². The number of carbonyl (C=O) groups is 5. The third-order valence-electron chi connectivity index (χ3n) is 5.96. The highest BCUT2D eigenvalue weighted by Gasteiger charge is 2.32. The van der Waals surface area contributed by atoms with Crippen LogP contribution in [0.2, 0.25) is 0 Å². The van der Waals surface area contributed by atoms with Crippen LogP contribution in [0.3, 0.4) is 0 Å². The number of hydrogen-bond acceptors (Lipinski definition) is 5. The van der Waals surface area contributed by atoms with Crippen molar-refractivity contribution in [3.63, 3.8) is 0 Å². The lowest BCUT2D eigenvalue weighted by Crippen LogP contribution is -2.53. The van der Waals surface area contributed by atoms with Crippen LogP contribution in [0.25, 0.3) is 0 Å². The van der Waals surface area contributed by atoms with E-state index < -0.39 is 18.1 Å². The van der Waals surface area contributed by atoms with E-state index in [1.165, 1.54) is 13.3 Å². The Morgan fingerprint density at radius 2 is 1.53 bits per heavy atom. The molecule has 2 atom stereocenters. The zero-order valence-corrected chi connectivity index (χ0v) is 30.4. The Kier molecular flexibility index (Phi) is 46.3. The van der Waals surface area contributed by atoms with Crippen molar-refractivity contribution in [3.8, 4) is 12.3 Å². The molecule has 0 aromatic carbocycles. The summed E-state index contributed by atoms with van der Waals surface area (Å²) in [6.07, 6.45) is 16.1. The molecule has 0 aliphatic heterocycles. The number of amides is 5. The lowest BCUT2D eigenvalue weighted by atomic mass is 9.83. The van der Waals surface area contributed by atoms with E-state index in [0.29, 0.717) is 45.2 Å². The number of nitrogens with two attached hydrogens (primary N) is 1. The molecule has 1 rings (SSSR count). The van der Waals surface area contributed by atoms with Crippen LogP contribution in [-0.2, 0) is 19.2 Å². The average Bonchev–Trinajstić information content (AvgIpc) is 3.06. The number of primary amides is 1. The summed E-state index contributed by atoms with van der Waals surface area (Å²) >= 11 is 0. The molecule has 0 radical (unpaired) electrons. The molecular formula is C35H69N5O5. The Morgan fingerprint density at radius 3 is 1.93 bits per heavy atom. The maximum atomic E-state index is 12.8. The van der Waals surface area contributed by atoms with E-state index in [1.54, 1.807) is 18.0 Å². The fourth-order valence-corrected chi connectivity index (χ4v) is 3.99. The summed E-state index contributed by atoms with van der Waals surface area (Å²) in [6, 6.07) is -1.83. The van der Waals surface area contributed by atoms with Crippen molar-refractivity contribution in [1.29, 1.82) is 0 Å². The highest BCUT2D eigenvalue weighted by Crippen LogP contribution is 2.27. The number of unbranched alkanes of at least 4 members (excludes halogenated alkanes) is 1. The van der Waals surface area contributed by atoms with Crippen LogP contribution in [0.5, 0.6) is 0 Å². The third-order valence-corrected chi connectivity index (χ3v) is 5.96. The molecule has 0 heterocycles. The van der Waals surface area contributed by atoms with Crippen molar-refractivity contribution in [2.24, 2.45) is 11.7 Å². The number of ketones is 1. The number of carbonyl (C=O) groups excluding carboxylic acids is 5. The quantitative estimate of drug-likeness (QED) is 0.0735. The molecule has 5 N–H and O–H groups in total. The molecule has 10 nitrogen and oxygen atoms in total. The molecule has 2 unspecified atom stereocenters. The number of nitrogens with one attached hydrogen (secondary N) is 3. The van der Waals surface area contributed by atoms with Crippen molar-refractivity contribution in [1.82, 2.24) is 20.9 Å². The fraction of sp³-hybridized carbons (Fsp3) is 0.743. The molecule has 0 saturated heterocycles. The Morgan fingerprint density at radius 1 is 1.00 bits per heavy atom. The number of Topliss-reactive ketones (excluding diaryl/α,β-unsaturated/α-hetero) is 1. The van der Waals surface area contributed by atoms with Gasteiger partial charge in [-0.2, -0.15) is 0 Å². The number of terminal acetylenes is 1. The Labute approximate surface area is 276 Å². The number of nitrogens with zero attached hydrogens (tertiary/aromatic N) is 1. The fourth-order valence-electron chi connectivity index (χ4n) is 3.99. The predicted molar refractivity (Wildman–Crippen MR) is 190 cm³/mol. The molecular weight excluding hydrogens is 570 g/mol. The van der Waals surface area contributed by atoms with E-state index in [4.69, 9.17) is 12.2 Å². The molecule has 1 aliphatic rings. The first-order chi connectivity index (χ1) is 21.6. The molecule has 0 spiro atoms. The lowest BCUT2D eigenvalue weighted by Gasteiger charge is -2.32. The number of urea groups is 1. The molecule has 1 fully saturated rings. The second-order valence-corrected chi connectivity index (χ2v) is 9.60. The largest absolute Gasteiger partial charge is 0.355 e. The summed E-state index contributed by atoms with van der Waals surface area (Å²) in [6.45, 7) is 22.1. The first-order valence-electron chi connectivity index (χ1n) is 16.9. The number of rotatable bonds is 15. The second-order valence-electron chi connectivity index (χ2n) is 9.60. The van der Waals surface area contributed by atoms with Crippen LogP contribution in [0, 0.1) is 18.3 Å². The minimum Gasteiger partial charge on any atom is -0.355 e. The molecule has 10 heteroatoms. The van der Waals surface area contributed by atoms with Crippen LogP contribution in [0.1, 0.15) is 133 Å². The maximum absolute atomic E-state index is 12.8. The first-order valence-corrected chi connectivity index (χ1v) is 16.9. The van der Waals surface area contributed by atoms with E-state index in [9.17, 15) is 24.0 Å². The van der Waals surface area contributed by atoms with Gasteiger partial charge in [0.1, 0.15) is 6.04 Å². The Balaban J connectivity index is -0.000000299. The highest BCUT2D eigenvalue weighted by molar-refractivity contribution is 5.87. The summed E-state index contributed by atoms with van der Waals surface area (Å²) in [5.41, 5.74) is 5.28. The first kappa shape index (κ1) is 51.2. The summed E-state index contributed by atoms with van der Waals surface area (Å²) in [5.74, 6) is 2.13. The summed E-state index contributed by atoms with van der Waals surface area (Å²) in [4.78, 5) is 58.9. The molecule has 45 heavy (non-hydrogen) atoms. The molecule has 1 aliphatic carbocycles. The van der Waals surface area contributed by atoms with Crippen molar-refractivity contribution in [3.05, 3.63) is 12.7 Å². The molecule has 0 aromatic rings. The van der Waals surface area contributed by atoms with Gasteiger partial charge in [-0.1, -0.05) is 87.1 Å². The van der Waals surface area contributed by atoms with Crippen LogP contribution >= 0.6 is 0 Å². The van der Waals surface area contributed by atoms with Gasteiger partial charge in [0, 0.05) is 33.0 Å². The van der Waals surface area contributed by atoms with Gasteiger partial charge in [-0.15, -0.1) is 18.9 Å². The molecule has 0 bridgehead atoms. The number of hydrogen-bond donors (Lipinski definition) is 4. The predicted octanol–water partition coefficient (Wildman–Crippen LogP) is 6.13. The van der Waals surface area contributed by atoms with Gasteiger partial charge in [0.25, 0.3) is 0 Å². The van der Waals surface area contributed by atoms with Crippen molar-refractivity contribution in [2.75, 3.05) is 20.1 Å². The van der Waals surface area contributed by atoms with Gasteiger partial charge < -0.3 is 26.6 Å². The van der Waals surface area contributed by atoms with Crippen LogP contribution < -0.4 is 21.7 Å². The van der Waals surface area contributed by atoms with E-state index in [0.717, 1.165) is 32.1 Å². The summed E-state index contributed by atoms with van der Waals surface area (Å²) < 4.78 is 0. The summed E-state index contributed by atoms with van der Waals surface area (Å²) in [5, 5.41) is 7.74. The van der Waals surface area contributed by atoms with E-state index in [-0.39, 0.29) is 29.9 Å². The molecule has 264 valence electrons. The average molecular weight is 640 g/mol. The van der Waals surface area contributed by atoms with Gasteiger partial charge in [-0.25, -0.2) is 4.79 Å². The second kappa shape index (κ2) is 40.6. The zero-order valence-electron chi connectivity index (χ0n) is 30.4. The Hall–Kier alpha value is -3.35. The minimum atomic E-state index is -0.686. The van der Waals surface area contributed by atoms with E-state index in [2.05, 4.69) is 42.3 Å².